The van der Waals surface area contributed by atoms with E-state index >= 15 is 0 Å². The zero-order valence-corrected chi connectivity index (χ0v) is 39.3. The smallest absolute Gasteiger partial charge is 0.490 e. The number of nitrogens with one attached hydrogen (secondary N) is 4. The van der Waals surface area contributed by atoms with Crippen LogP contribution in [0.2, 0.25) is 0 Å². The number of phosphoric ester groups is 1. The van der Waals surface area contributed by atoms with Crippen LogP contribution in [0.25, 0.3) is 20.9 Å². The van der Waals surface area contributed by atoms with E-state index in [1.165, 1.54) is 6.07 Å². The molecule has 380 valence electrons. The number of nitrogens with zero attached hydrogens (tertiary/aromatic N) is 7. The highest BCUT2D eigenvalue weighted by Crippen LogP contribution is 2.66. The van der Waals surface area contributed by atoms with Gasteiger partial charge in [0.05, 0.1) is 32.5 Å². The number of rotatable bonds is 31. The molecule has 6 unspecified atom stereocenters. The molecule has 0 bridgehead atoms. The summed E-state index contributed by atoms with van der Waals surface area (Å²) in [5.74, 6) is 4.19. The number of hydrogen-bond acceptors (Lipinski definition) is 18. The largest absolute Gasteiger partial charge is 0.491 e. The molecule has 3 amide bonds. The number of H-pyrrole nitrogens is 1. The zero-order valence-electron chi connectivity index (χ0n) is 36.6. The summed E-state index contributed by atoms with van der Waals surface area (Å²) in [7, 11) is -17.1. The zero-order chi connectivity index (χ0) is 50.9. The van der Waals surface area contributed by atoms with Crippen LogP contribution in [-0.2, 0) is 55.4 Å². The van der Waals surface area contributed by atoms with E-state index in [0.29, 0.717) is 6.42 Å². The summed E-state index contributed by atoms with van der Waals surface area (Å²) in [6.45, 7) is -0.251. The molecule has 0 saturated carbocycles. The summed E-state index contributed by atoms with van der Waals surface area (Å²) in [6.07, 6.45) is 0.110. The van der Waals surface area contributed by atoms with E-state index in [1.807, 2.05) is 4.98 Å². The normalized spacial score (nSPS) is 17.6. The van der Waals surface area contributed by atoms with Gasteiger partial charge in [-0.25, -0.2) is 18.5 Å². The molecule has 0 spiro atoms. The number of benzene rings is 1. The van der Waals surface area contributed by atoms with Crippen LogP contribution < -0.4 is 31.9 Å². The highest BCUT2D eigenvalue weighted by Gasteiger charge is 2.43. The molecule has 8 N–H and O–H groups in total. The van der Waals surface area contributed by atoms with Gasteiger partial charge in [0.2, 0.25) is 11.8 Å². The second-order valence-electron chi connectivity index (χ2n) is 13.9. The molecule has 34 heteroatoms. The number of amides is 3. The lowest BCUT2D eigenvalue weighted by molar-refractivity contribution is -0.126. The summed E-state index contributed by atoms with van der Waals surface area (Å²) in [4.78, 5) is 106. The quantitative estimate of drug-likeness (QED) is 0.0133. The SMILES string of the molecule is CCCCCCC(=O)NCCNC(=O)c1cccc(OCC(N=[N+]=[N-])OCCOCC(=O)NCC#Cc2cn(C3CC(OCN=[N+]=[N-])C(COP(=O)(O)OP(=O)(O)OP(=O)(O)O)O3)c(=O)[nH]c2=O)c1. The summed E-state index contributed by atoms with van der Waals surface area (Å²) in [5, 5.41) is 14.6. The van der Waals surface area contributed by atoms with Crippen LogP contribution in [0.1, 0.15) is 67.6 Å². The van der Waals surface area contributed by atoms with Crippen molar-refractivity contribution in [2.24, 2.45) is 10.2 Å². The Kier molecular flexibility index (Phi) is 24.8. The number of aromatic amines is 1. The number of carbonyl (C=O) groups is 3. The Balaban J connectivity index is 1.45. The van der Waals surface area contributed by atoms with Gasteiger partial charge >= 0.3 is 29.2 Å². The van der Waals surface area contributed by atoms with Crippen LogP contribution >= 0.6 is 23.5 Å². The van der Waals surface area contributed by atoms with Crippen molar-refractivity contribution in [1.29, 1.82) is 0 Å². The third kappa shape index (κ3) is 23.1. The fraction of sp³-hybridized carbons (Fsp3) is 0.571. The van der Waals surface area contributed by atoms with Gasteiger partial charge in [-0.2, -0.15) is 8.62 Å². The number of hydrogen-bond donors (Lipinski definition) is 8. The number of ether oxygens (including phenoxy) is 5. The second-order valence-corrected chi connectivity index (χ2v) is 18.4. The molecule has 1 aliphatic heterocycles. The van der Waals surface area contributed by atoms with Crippen molar-refractivity contribution in [3.8, 4) is 17.6 Å². The molecule has 1 aromatic heterocycles. The van der Waals surface area contributed by atoms with Crippen LogP contribution in [0.5, 0.6) is 5.75 Å². The van der Waals surface area contributed by atoms with Gasteiger partial charge in [0.1, 0.15) is 43.6 Å². The molecular weight excluding hydrogens is 987 g/mol. The average Bonchev–Trinajstić information content (AvgIpc) is 3.68. The van der Waals surface area contributed by atoms with Gasteiger partial charge in [0.15, 0.2) is 6.23 Å². The molecule has 2 heterocycles. The van der Waals surface area contributed by atoms with Crippen molar-refractivity contribution in [3.63, 3.8) is 0 Å². The number of azide groups is 2. The molecule has 6 atom stereocenters. The van der Waals surface area contributed by atoms with Crippen molar-refractivity contribution < 1.29 is 84.5 Å². The molecule has 31 nitrogen and oxygen atoms in total. The van der Waals surface area contributed by atoms with Crippen molar-refractivity contribution in [2.75, 3.05) is 59.4 Å². The van der Waals surface area contributed by atoms with E-state index in [-0.39, 0.29) is 68.7 Å². The molecule has 3 rings (SSSR count). The lowest BCUT2D eigenvalue weighted by atomic mass is 10.1. The molecule has 0 radical (unpaired) electrons. The highest BCUT2D eigenvalue weighted by atomic mass is 31.3. The number of unbranched alkanes of at least 4 members (excludes halogenated alkanes) is 3. The molecule has 1 aromatic carbocycles. The van der Waals surface area contributed by atoms with E-state index in [1.54, 1.807) is 18.2 Å². The van der Waals surface area contributed by atoms with Gasteiger partial charge in [0.25, 0.3) is 11.5 Å². The molecule has 1 saturated heterocycles. The van der Waals surface area contributed by atoms with Crippen LogP contribution in [-0.4, -0.2) is 125 Å². The predicted molar refractivity (Wildman–Crippen MR) is 234 cm³/mol. The Morgan fingerprint density at radius 2 is 1.77 bits per heavy atom. The first-order valence-electron chi connectivity index (χ1n) is 20.4. The number of aromatic nitrogens is 2. The Labute approximate surface area is 391 Å². The number of phosphoric acid groups is 3. The van der Waals surface area contributed by atoms with E-state index < -0.39 is 91.1 Å². The minimum Gasteiger partial charge on any atom is -0.491 e. The van der Waals surface area contributed by atoms with E-state index in [4.69, 9.17) is 44.5 Å². The van der Waals surface area contributed by atoms with Gasteiger partial charge in [-0.3, -0.25) is 33.3 Å². The maximum atomic E-state index is 12.7. The van der Waals surface area contributed by atoms with Gasteiger partial charge in [-0.1, -0.05) is 54.3 Å². The minimum atomic E-state index is -5.84. The molecule has 1 aliphatic rings. The van der Waals surface area contributed by atoms with Crippen molar-refractivity contribution in [1.82, 2.24) is 25.5 Å². The van der Waals surface area contributed by atoms with Gasteiger partial charge < -0.3 is 59.2 Å². The standard InChI is InChI=1S/C35H50N11O20P3/c1-2-3-4-5-11-29(47)39-13-14-40-33(49)24-8-6-10-26(17-24)61-22-31(43-45-37)60-16-15-59-21-30(48)38-12-7-9-25-19-46(35(51)42-34(25)50)32-18-27(62-23-41-44-36)28(64-32)20-63-68(55,56)66-69(57,58)65-67(52,53)54/h6,8,10,17,19,27-28,31-32H,2-5,11-16,18,20-23H2,1H3,(H,38,48)(H,39,47)(H,40,49)(H,55,56)(H,57,58)(H,42,50,51)(H2,52,53,54). The van der Waals surface area contributed by atoms with Crippen LogP contribution in [0.15, 0.2) is 50.3 Å². The Morgan fingerprint density at radius 1 is 1.00 bits per heavy atom. The van der Waals surface area contributed by atoms with Crippen LogP contribution in [0.4, 0.5) is 0 Å². The van der Waals surface area contributed by atoms with E-state index in [2.05, 4.69) is 67.9 Å². The molecule has 69 heavy (non-hydrogen) atoms. The summed E-state index contributed by atoms with van der Waals surface area (Å²) >= 11 is 0. The van der Waals surface area contributed by atoms with Crippen molar-refractivity contribution in [3.05, 3.63) is 83.3 Å². The Morgan fingerprint density at radius 3 is 2.49 bits per heavy atom. The Hall–Kier alpha value is -5.46. The third-order valence-electron chi connectivity index (χ3n) is 8.71. The molecule has 2 aromatic rings. The van der Waals surface area contributed by atoms with Gasteiger partial charge in [0, 0.05) is 47.5 Å². The molecule has 1 fully saturated rings. The molecular formula is C35H50N11O20P3. The lowest BCUT2D eigenvalue weighted by Gasteiger charge is -2.20. The van der Waals surface area contributed by atoms with Gasteiger partial charge in [-0.15, -0.1) is 0 Å². The first-order valence-corrected chi connectivity index (χ1v) is 25.0. The van der Waals surface area contributed by atoms with Gasteiger partial charge in [-0.05, 0) is 35.7 Å². The fourth-order valence-electron chi connectivity index (χ4n) is 5.70. The summed E-state index contributed by atoms with van der Waals surface area (Å²) in [5.41, 5.74) is 15.6. The Bertz CT molecular complexity index is 2480. The predicted octanol–water partition coefficient (Wildman–Crippen LogP) is 1.85. The maximum absolute atomic E-state index is 12.7. The lowest BCUT2D eigenvalue weighted by Crippen LogP contribution is -2.34. The van der Waals surface area contributed by atoms with Crippen LogP contribution in [0, 0.1) is 11.8 Å². The maximum Gasteiger partial charge on any atom is 0.490 e. The topological polar surface area (TPSA) is 446 Å². The van der Waals surface area contributed by atoms with E-state index in [9.17, 15) is 47.5 Å². The summed E-state index contributed by atoms with van der Waals surface area (Å²) < 4.78 is 75.1. The first kappa shape index (κ1) is 57.9. The third-order valence-corrected chi connectivity index (χ3v) is 12.5. The fourth-order valence-corrected chi connectivity index (χ4v) is 8.73. The number of carbonyl (C=O) groups excluding carboxylic acids is 3. The molecule has 0 aliphatic carbocycles. The average molecular weight is 1040 g/mol. The minimum absolute atomic E-state index is 0.0751. The van der Waals surface area contributed by atoms with Crippen molar-refractivity contribution >= 4 is 41.2 Å². The highest BCUT2D eigenvalue weighted by molar-refractivity contribution is 7.66. The monoisotopic (exact) mass is 1040 g/mol. The van der Waals surface area contributed by atoms with E-state index in [0.717, 1.165) is 36.4 Å². The second kappa shape index (κ2) is 29.5. The van der Waals surface area contributed by atoms with Crippen molar-refractivity contribution in [2.45, 2.75) is 70.1 Å². The summed E-state index contributed by atoms with van der Waals surface area (Å²) in [6, 6.07) is 6.22. The first-order chi connectivity index (χ1) is 32.7. The van der Waals surface area contributed by atoms with Crippen LogP contribution in [0.3, 0.4) is 0 Å².